The SMILES string of the molecule is CC(O)(CO)CNC(=O)c1cnsn1. The third-order valence-electron chi connectivity index (χ3n) is 1.56. The van der Waals surface area contributed by atoms with E-state index in [9.17, 15) is 9.90 Å². The number of amides is 1. The van der Waals surface area contributed by atoms with E-state index < -0.39 is 18.1 Å². The van der Waals surface area contributed by atoms with Crippen molar-refractivity contribution >= 4 is 17.6 Å². The van der Waals surface area contributed by atoms with Crippen LogP contribution < -0.4 is 5.32 Å². The van der Waals surface area contributed by atoms with Crippen LogP contribution >= 0.6 is 11.7 Å². The molecule has 0 saturated carbocycles. The lowest BCUT2D eigenvalue weighted by molar-refractivity contribution is 0.00317. The Labute approximate surface area is 84.9 Å². The van der Waals surface area contributed by atoms with Crippen molar-refractivity contribution in [1.82, 2.24) is 14.1 Å². The van der Waals surface area contributed by atoms with Crippen LogP contribution in [0.1, 0.15) is 17.4 Å². The molecule has 0 aliphatic carbocycles. The maximum atomic E-state index is 11.3. The summed E-state index contributed by atoms with van der Waals surface area (Å²) in [5.41, 5.74) is -1.09. The van der Waals surface area contributed by atoms with Crippen LogP contribution in [0.25, 0.3) is 0 Å². The largest absolute Gasteiger partial charge is 0.393 e. The minimum absolute atomic E-state index is 0.0279. The van der Waals surface area contributed by atoms with Gasteiger partial charge in [-0.2, -0.15) is 8.75 Å². The molecule has 1 rings (SSSR count). The summed E-state index contributed by atoms with van der Waals surface area (Å²) in [7, 11) is 0. The molecule has 0 spiro atoms. The van der Waals surface area contributed by atoms with Gasteiger partial charge in [0.2, 0.25) is 0 Å². The van der Waals surface area contributed by atoms with E-state index in [0.717, 1.165) is 11.7 Å². The number of nitrogens with zero attached hydrogens (tertiary/aromatic N) is 2. The molecule has 0 aliphatic heterocycles. The predicted octanol–water partition coefficient (Wildman–Crippen LogP) is -0.989. The lowest BCUT2D eigenvalue weighted by Gasteiger charge is -2.19. The molecular formula is C7H11N3O3S. The Morgan fingerprint density at radius 3 is 3.00 bits per heavy atom. The highest BCUT2D eigenvalue weighted by atomic mass is 32.1. The Bertz CT molecular complexity index is 299. The van der Waals surface area contributed by atoms with Crippen molar-refractivity contribution in [3.05, 3.63) is 11.9 Å². The van der Waals surface area contributed by atoms with E-state index in [4.69, 9.17) is 5.11 Å². The van der Waals surface area contributed by atoms with Crippen molar-refractivity contribution in [2.24, 2.45) is 0 Å². The second-order valence-corrected chi connectivity index (χ2v) is 3.69. The zero-order valence-electron chi connectivity index (χ0n) is 7.60. The average molecular weight is 217 g/mol. The lowest BCUT2D eigenvalue weighted by Crippen LogP contribution is -2.43. The number of aromatic nitrogens is 2. The summed E-state index contributed by atoms with van der Waals surface area (Å²) >= 11 is 0.934. The van der Waals surface area contributed by atoms with Gasteiger partial charge in [0.25, 0.3) is 5.91 Å². The van der Waals surface area contributed by atoms with Gasteiger partial charge in [-0.3, -0.25) is 4.79 Å². The molecule has 78 valence electrons. The van der Waals surface area contributed by atoms with Crippen molar-refractivity contribution in [2.75, 3.05) is 13.2 Å². The van der Waals surface area contributed by atoms with Crippen LogP contribution in [-0.2, 0) is 0 Å². The van der Waals surface area contributed by atoms with Gasteiger partial charge in [0.15, 0.2) is 5.69 Å². The van der Waals surface area contributed by atoms with E-state index in [-0.39, 0.29) is 12.2 Å². The highest BCUT2D eigenvalue weighted by Gasteiger charge is 2.20. The number of carbonyl (C=O) groups excluding carboxylic acids is 1. The number of rotatable bonds is 4. The molecule has 1 aromatic rings. The number of aliphatic hydroxyl groups excluding tert-OH is 1. The third kappa shape index (κ3) is 3.02. The van der Waals surface area contributed by atoms with E-state index in [1.54, 1.807) is 0 Å². The van der Waals surface area contributed by atoms with Crippen molar-refractivity contribution in [3.63, 3.8) is 0 Å². The first-order valence-electron chi connectivity index (χ1n) is 3.94. The molecule has 0 aromatic carbocycles. The molecule has 0 radical (unpaired) electrons. The van der Waals surface area contributed by atoms with Gasteiger partial charge < -0.3 is 15.5 Å². The van der Waals surface area contributed by atoms with Crippen LogP contribution in [0.2, 0.25) is 0 Å². The van der Waals surface area contributed by atoms with Gasteiger partial charge >= 0.3 is 0 Å². The van der Waals surface area contributed by atoms with Crippen LogP contribution in [0, 0.1) is 0 Å². The summed E-state index contributed by atoms with van der Waals surface area (Å²) in [6, 6.07) is 0. The Morgan fingerprint density at radius 1 is 1.79 bits per heavy atom. The van der Waals surface area contributed by atoms with Crippen LogP contribution in [0.4, 0.5) is 0 Å². The van der Waals surface area contributed by atoms with Crippen LogP contribution in [0.5, 0.6) is 0 Å². The first-order valence-corrected chi connectivity index (χ1v) is 4.67. The zero-order valence-corrected chi connectivity index (χ0v) is 8.41. The normalized spacial score (nSPS) is 14.8. The summed E-state index contributed by atoms with van der Waals surface area (Å²) in [5, 5.41) is 20.5. The molecule has 6 nitrogen and oxygen atoms in total. The fourth-order valence-corrected chi connectivity index (χ4v) is 1.09. The van der Waals surface area contributed by atoms with E-state index >= 15 is 0 Å². The van der Waals surface area contributed by atoms with Crippen molar-refractivity contribution in [1.29, 1.82) is 0 Å². The third-order valence-corrected chi connectivity index (χ3v) is 2.04. The minimum Gasteiger partial charge on any atom is -0.393 e. The number of hydrogen-bond donors (Lipinski definition) is 3. The molecule has 14 heavy (non-hydrogen) atoms. The van der Waals surface area contributed by atoms with Gasteiger partial charge in [-0.15, -0.1) is 0 Å². The monoisotopic (exact) mass is 217 g/mol. The van der Waals surface area contributed by atoms with Gasteiger partial charge in [-0.1, -0.05) is 0 Å². The fraction of sp³-hybridized carbons (Fsp3) is 0.571. The van der Waals surface area contributed by atoms with Crippen LogP contribution in [0.3, 0.4) is 0 Å². The number of nitrogens with one attached hydrogen (secondary N) is 1. The Morgan fingerprint density at radius 2 is 2.50 bits per heavy atom. The lowest BCUT2D eigenvalue weighted by atomic mass is 10.1. The highest BCUT2D eigenvalue weighted by Crippen LogP contribution is 2.00. The minimum atomic E-state index is -1.31. The van der Waals surface area contributed by atoms with E-state index in [0.29, 0.717) is 0 Å². The van der Waals surface area contributed by atoms with Crippen LogP contribution in [0.15, 0.2) is 6.20 Å². The maximum Gasteiger partial charge on any atom is 0.272 e. The molecule has 3 N–H and O–H groups in total. The second kappa shape index (κ2) is 4.45. The van der Waals surface area contributed by atoms with Crippen molar-refractivity contribution in [2.45, 2.75) is 12.5 Å². The van der Waals surface area contributed by atoms with Gasteiger partial charge in [0, 0.05) is 6.54 Å². The van der Waals surface area contributed by atoms with Crippen molar-refractivity contribution in [3.8, 4) is 0 Å². The highest BCUT2D eigenvalue weighted by molar-refractivity contribution is 6.99. The van der Waals surface area contributed by atoms with Crippen LogP contribution in [-0.4, -0.2) is 43.6 Å². The molecule has 0 bridgehead atoms. The Hall–Kier alpha value is -1.05. The molecule has 1 amide bonds. The molecular weight excluding hydrogens is 206 g/mol. The van der Waals surface area contributed by atoms with Gasteiger partial charge in [-0.05, 0) is 6.92 Å². The Kier molecular flexibility index (Phi) is 3.50. The second-order valence-electron chi connectivity index (χ2n) is 3.13. The van der Waals surface area contributed by atoms with E-state index in [1.165, 1.54) is 13.1 Å². The zero-order chi connectivity index (χ0) is 10.6. The predicted molar refractivity (Wildman–Crippen MR) is 50.0 cm³/mol. The molecule has 1 unspecified atom stereocenters. The smallest absolute Gasteiger partial charge is 0.272 e. The van der Waals surface area contributed by atoms with E-state index in [2.05, 4.69) is 14.1 Å². The topological polar surface area (TPSA) is 95.3 Å². The molecule has 0 saturated heterocycles. The summed E-state index contributed by atoms with van der Waals surface area (Å²) in [5.74, 6) is -0.410. The molecule has 1 heterocycles. The fourth-order valence-electron chi connectivity index (χ4n) is 0.682. The summed E-state index contributed by atoms with van der Waals surface area (Å²) in [6.07, 6.45) is 1.34. The quantitative estimate of drug-likeness (QED) is 0.602. The molecule has 1 atom stereocenters. The molecule has 0 aliphatic rings. The van der Waals surface area contributed by atoms with E-state index in [1.807, 2.05) is 0 Å². The summed E-state index contributed by atoms with van der Waals surface area (Å²) in [6.45, 7) is 0.981. The molecule has 0 fully saturated rings. The van der Waals surface area contributed by atoms with Gasteiger partial charge in [-0.25, -0.2) is 0 Å². The first-order chi connectivity index (χ1) is 6.55. The maximum absolute atomic E-state index is 11.3. The number of aliphatic hydroxyl groups is 2. The van der Waals surface area contributed by atoms with Crippen molar-refractivity contribution < 1.29 is 15.0 Å². The molecule has 7 heteroatoms. The number of carbonyl (C=O) groups is 1. The van der Waals surface area contributed by atoms with Gasteiger partial charge in [0.1, 0.15) is 5.60 Å². The number of hydrogen-bond acceptors (Lipinski definition) is 6. The summed E-state index contributed by atoms with van der Waals surface area (Å²) in [4.78, 5) is 11.3. The molecule has 1 aromatic heterocycles. The standard InChI is InChI=1S/C7H11N3O3S/c1-7(13,4-11)3-8-6(12)5-2-9-14-10-5/h2,11,13H,3-4H2,1H3,(H,8,12). The van der Waals surface area contributed by atoms with Gasteiger partial charge in [0.05, 0.1) is 24.5 Å². The average Bonchev–Trinajstić information content (AvgIpc) is 2.67. The Balaban J connectivity index is 2.43. The summed E-state index contributed by atoms with van der Waals surface area (Å²) < 4.78 is 7.38. The first kappa shape index (κ1) is 11.0.